The summed E-state index contributed by atoms with van der Waals surface area (Å²) in [6.07, 6.45) is 0. The fourth-order valence-corrected chi connectivity index (χ4v) is 4.36. The molecule has 1 heterocycles. The third kappa shape index (κ3) is 3.47. The minimum Gasteiger partial charge on any atom is -0.366 e. The lowest BCUT2D eigenvalue weighted by Gasteiger charge is -2.10. The maximum Gasteiger partial charge on any atom is 0.249 e. The molecular weight excluding hydrogens is 404 g/mol. The van der Waals surface area contributed by atoms with E-state index in [1.165, 1.54) is 11.1 Å². The number of benzene rings is 4. The van der Waals surface area contributed by atoms with Gasteiger partial charge in [-0.2, -0.15) is 0 Å². The van der Waals surface area contributed by atoms with Crippen LogP contribution in [0.3, 0.4) is 0 Å². The number of nitrogens with zero attached hydrogens (tertiary/aromatic N) is 1. The molecule has 1 amide bonds. The number of primary amides is 1. The van der Waals surface area contributed by atoms with Crippen molar-refractivity contribution in [3.63, 3.8) is 0 Å². The van der Waals surface area contributed by atoms with Crippen LogP contribution >= 0.6 is 11.6 Å². The standard InChI is InChI=1S/C27H20ClN2O/c1-17-4-2-5-18(14-17)16-30-24-7-3-6-23(27(29)31)26(24)22-13-10-20(15-25(22)30)19-8-11-21(28)12-9-19/h2-12,14-15H,16H2,1H3,(H2,29,31). The van der Waals surface area contributed by atoms with Crippen molar-refractivity contribution < 1.29 is 4.79 Å². The van der Waals surface area contributed by atoms with Crippen molar-refractivity contribution in [1.29, 1.82) is 0 Å². The lowest BCUT2D eigenvalue weighted by Crippen LogP contribution is -2.11. The predicted octanol–water partition coefficient (Wildman–Crippen LogP) is 6.37. The van der Waals surface area contributed by atoms with E-state index in [1.807, 2.05) is 42.5 Å². The van der Waals surface area contributed by atoms with E-state index in [2.05, 4.69) is 47.9 Å². The van der Waals surface area contributed by atoms with Gasteiger partial charge in [0.2, 0.25) is 5.91 Å². The molecule has 0 aliphatic rings. The fourth-order valence-electron chi connectivity index (χ4n) is 4.23. The van der Waals surface area contributed by atoms with Gasteiger partial charge in [0.05, 0.1) is 11.0 Å². The molecule has 5 aromatic rings. The molecule has 1 radical (unpaired) electrons. The van der Waals surface area contributed by atoms with Gasteiger partial charge in [0.1, 0.15) is 0 Å². The Morgan fingerprint density at radius 3 is 2.48 bits per heavy atom. The number of hydrogen-bond donors (Lipinski definition) is 1. The van der Waals surface area contributed by atoms with Crippen LogP contribution in [0.4, 0.5) is 0 Å². The zero-order valence-corrected chi connectivity index (χ0v) is 17.8. The summed E-state index contributed by atoms with van der Waals surface area (Å²) in [6.45, 7) is 2.77. The topological polar surface area (TPSA) is 48.0 Å². The third-order valence-corrected chi connectivity index (χ3v) is 5.91. The van der Waals surface area contributed by atoms with Crippen LogP contribution in [0.1, 0.15) is 21.5 Å². The fraction of sp³-hybridized carbons (Fsp3) is 0.0741. The molecule has 2 N–H and O–H groups in total. The molecule has 0 saturated heterocycles. The van der Waals surface area contributed by atoms with Gasteiger partial charge in [0.15, 0.2) is 0 Å². The Morgan fingerprint density at radius 2 is 1.74 bits per heavy atom. The molecule has 31 heavy (non-hydrogen) atoms. The third-order valence-electron chi connectivity index (χ3n) is 5.66. The second-order valence-electron chi connectivity index (χ2n) is 7.79. The van der Waals surface area contributed by atoms with Crippen LogP contribution in [-0.2, 0) is 6.54 Å². The summed E-state index contributed by atoms with van der Waals surface area (Å²) in [5.41, 5.74) is 12.7. The van der Waals surface area contributed by atoms with Gasteiger partial charge in [-0.25, -0.2) is 0 Å². The molecule has 0 aliphatic heterocycles. The molecule has 0 atom stereocenters. The number of carbonyl (C=O) groups is 1. The molecule has 0 fully saturated rings. The minimum atomic E-state index is -0.435. The molecule has 151 valence electrons. The van der Waals surface area contributed by atoms with Crippen molar-refractivity contribution in [2.45, 2.75) is 13.5 Å². The van der Waals surface area contributed by atoms with Crippen molar-refractivity contribution in [2.24, 2.45) is 5.73 Å². The van der Waals surface area contributed by atoms with Crippen molar-refractivity contribution >= 4 is 39.3 Å². The van der Waals surface area contributed by atoms with E-state index in [0.717, 1.165) is 32.9 Å². The van der Waals surface area contributed by atoms with Gasteiger partial charge in [-0.1, -0.05) is 59.6 Å². The Bertz CT molecular complexity index is 1450. The summed E-state index contributed by atoms with van der Waals surface area (Å²) < 4.78 is 2.24. The number of nitrogens with two attached hydrogens (primary N) is 1. The first-order valence-corrected chi connectivity index (χ1v) is 10.5. The number of carbonyl (C=O) groups excluding carboxylic acids is 1. The first kappa shape index (κ1) is 19.4. The summed E-state index contributed by atoms with van der Waals surface area (Å²) in [5, 5.41) is 2.45. The molecule has 5 rings (SSSR count). The first-order chi connectivity index (χ1) is 15.0. The second kappa shape index (κ2) is 7.60. The molecule has 4 heteroatoms. The highest BCUT2D eigenvalue weighted by molar-refractivity contribution is 6.30. The highest BCUT2D eigenvalue weighted by Gasteiger charge is 2.17. The number of halogens is 1. The Kier molecular flexibility index (Phi) is 4.76. The quantitative estimate of drug-likeness (QED) is 0.358. The molecule has 0 unspecified atom stereocenters. The van der Waals surface area contributed by atoms with Gasteiger partial charge < -0.3 is 10.3 Å². The van der Waals surface area contributed by atoms with Gasteiger partial charge in [0.25, 0.3) is 0 Å². The minimum absolute atomic E-state index is 0.435. The van der Waals surface area contributed by atoms with Gasteiger partial charge in [-0.3, -0.25) is 4.79 Å². The average Bonchev–Trinajstić information content (AvgIpc) is 3.07. The number of aryl methyl sites for hydroxylation is 1. The maximum atomic E-state index is 12.2. The van der Waals surface area contributed by atoms with Crippen LogP contribution in [-0.4, -0.2) is 10.5 Å². The predicted molar refractivity (Wildman–Crippen MR) is 128 cm³/mol. The van der Waals surface area contributed by atoms with Crippen molar-refractivity contribution in [2.75, 3.05) is 0 Å². The number of fused-ring (bicyclic) bond motifs is 3. The van der Waals surface area contributed by atoms with E-state index in [1.54, 1.807) is 6.07 Å². The van der Waals surface area contributed by atoms with Gasteiger partial charge in [-0.05, 0) is 66.1 Å². The summed E-state index contributed by atoms with van der Waals surface area (Å²) >= 11 is 6.07. The van der Waals surface area contributed by atoms with Crippen LogP contribution in [0.25, 0.3) is 32.9 Å². The molecule has 0 bridgehead atoms. The summed E-state index contributed by atoms with van der Waals surface area (Å²) in [6, 6.07) is 29.5. The highest BCUT2D eigenvalue weighted by atomic mass is 35.5. The average molecular weight is 424 g/mol. The van der Waals surface area contributed by atoms with Gasteiger partial charge in [-0.15, -0.1) is 0 Å². The van der Waals surface area contributed by atoms with E-state index in [9.17, 15) is 4.79 Å². The second-order valence-corrected chi connectivity index (χ2v) is 8.23. The smallest absolute Gasteiger partial charge is 0.249 e. The highest BCUT2D eigenvalue weighted by Crippen LogP contribution is 2.35. The maximum absolute atomic E-state index is 12.2. The van der Waals surface area contributed by atoms with Crippen LogP contribution < -0.4 is 5.73 Å². The Hall–Kier alpha value is -3.56. The van der Waals surface area contributed by atoms with Crippen molar-refractivity contribution in [3.05, 3.63) is 107 Å². The summed E-state index contributed by atoms with van der Waals surface area (Å²) in [7, 11) is 0. The van der Waals surface area contributed by atoms with E-state index < -0.39 is 5.91 Å². The monoisotopic (exact) mass is 423 g/mol. The van der Waals surface area contributed by atoms with E-state index in [-0.39, 0.29) is 0 Å². The number of hydrogen-bond acceptors (Lipinski definition) is 1. The Labute approximate surface area is 185 Å². The number of rotatable bonds is 4. The van der Waals surface area contributed by atoms with Crippen LogP contribution in [0.15, 0.2) is 78.9 Å². The summed E-state index contributed by atoms with van der Waals surface area (Å²) in [5.74, 6) is -0.435. The zero-order valence-electron chi connectivity index (χ0n) is 17.0. The zero-order chi connectivity index (χ0) is 21.5. The molecule has 4 aromatic carbocycles. The van der Waals surface area contributed by atoms with Crippen LogP contribution in [0, 0.1) is 13.0 Å². The molecule has 0 aliphatic carbocycles. The Morgan fingerprint density at radius 1 is 0.968 bits per heavy atom. The van der Waals surface area contributed by atoms with Crippen molar-refractivity contribution in [3.8, 4) is 11.1 Å². The molecule has 0 saturated carbocycles. The molecule has 0 spiro atoms. The SMILES string of the molecule is Cc1cccc(Cn2c3cc(-c4ccc(Cl)cc4)c[c]c3c3c(C(N)=O)cccc32)c1. The lowest BCUT2D eigenvalue weighted by atomic mass is 10.0. The number of amides is 1. The molecule has 3 nitrogen and oxygen atoms in total. The summed E-state index contributed by atoms with van der Waals surface area (Å²) in [4.78, 5) is 12.2. The van der Waals surface area contributed by atoms with Gasteiger partial charge >= 0.3 is 0 Å². The molecular formula is C27H20ClN2O. The lowest BCUT2D eigenvalue weighted by molar-refractivity contribution is 0.100. The van der Waals surface area contributed by atoms with E-state index in [4.69, 9.17) is 17.3 Å². The van der Waals surface area contributed by atoms with E-state index >= 15 is 0 Å². The van der Waals surface area contributed by atoms with Crippen LogP contribution in [0.2, 0.25) is 5.02 Å². The molecule has 1 aromatic heterocycles. The Balaban J connectivity index is 1.80. The number of aromatic nitrogens is 1. The first-order valence-electron chi connectivity index (χ1n) is 10.1. The normalized spacial score (nSPS) is 11.3. The van der Waals surface area contributed by atoms with E-state index in [0.29, 0.717) is 17.1 Å². The van der Waals surface area contributed by atoms with Gasteiger partial charge in [0, 0.05) is 27.9 Å². The van der Waals surface area contributed by atoms with Crippen LogP contribution in [0.5, 0.6) is 0 Å². The van der Waals surface area contributed by atoms with Crippen molar-refractivity contribution in [1.82, 2.24) is 4.57 Å². The largest absolute Gasteiger partial charge is 0.366 e.